The minimum atomic E-state index is 0.162. The Balaban J connectivity index is 2.40. The molecule has 0 saturated heterocycles. The van der Waals surface area contributed by atoms with Gasteiger partial charge in [0.1, 0.15) is 0 Å². The van der Waals surface area contributed by atoms with Crippen LogP contribution in [0.4, 0.5) is 0 Å². The molecule has 4 heteroatoms. The minimum absolute atomic E-state index is 0.162. The van der Waals surface area contributed by atoms with Gasteiger partial charge < -0.3 is 10.6 Å². The molecule has 1 rings (SSSR count). The molecule has 0 saturated carbocycles. The molecule has 1 aromatic carbocycles. The molecule has 0 fully saturated rings. The molecule has 0 radical (unpaired) electrons. The summed E-state index contributed by atoms with van der Waals surface area (Å²) in [7, 11) is 0. The topological polar surface area (TPSA) is 24.1 Å². The molecule has 0 spiro atoms. The third-order valence-corrected chi connectivity index (χ3v) is 3.19. The van der Waals surface area contributed by atoms with Gasteiger partial charge in [-0.2, -0.15) is 0 Å². The third-order valence-electron chi connectivity index (χ3n) is 2.52. The van der Waals surface area contributed by atoms with E-state index >= 15 is 0 Å². The van der Waals surface area contributed by atoms with E-state index in [1.54, 1.807) is 0 Å². The molecular formula is C14H22BrClN2. The van der Waals surface area contributed by atoms with E-state index in [1.807, 2.05) is 12.1 Å². The summed E-state index contributed by atoms with van der Waals surface area (Å²) >= 11 is 9.47. The van der Waals surface area contributed by atoms with E-state index in [1.165, 1.54) is 5.56 Å². The van der Waals surface area contributed by atoms with Crippen LogP contribution in [0.15, 0.2) is 22.7 Å². The second-order valence-electron chi connectivity index (χ2n) is 5.69. The molecule has 0 aliphatic carbocycles. The van der Waals surface area contributed by atoms with Gasteiger partial charge in [0.15, 0.2) is 0 Å². The first-order valence-corrected chi connectivity index (χ1v) is 7.37. The lowest BCUT2D eigenvalue weighted by Gasteiger charge is -2.24. The van der Waals surface area contributed by atoms with Crippen LogP contribution in [0.5, 0.6) is 0 Å². The van der Waals surface area contributed by atoms with Crippen molar-refractivity contribution < 1.29 is 0 Å². The van der Waals surface area contributed by atoms with Gasteiger partial charge in [-0.1, -0.05) is 27.5 Å². The van der Waals surface area contributed by atoms with Crippen LogP contribution in [0, 0.1) is 0 Å². The quantitative estimate of drug-likeness (QED) is 0.852. The number of halogens is 2. The Bertz CT molecular complexity index is 368. The van der Waals surface area contributed by atoms with Crippen molar-refractivity contribution in [2.45, 2.75) is 45.8 Å². The lowest BCUT2D eigenvalue weighted by atomic mass is 10.1. The van der Waals surface area contributed by atoms with E-state index in [2.05, 4.69) is 60.3 Å². The highest BCUT2D eigenvalue weighted by molar-refractivity contribution is 9.10. The predicted octanol–water partition coefficient (Wildman–Crippen LogP) is 3.97. The molecule has 0 heterocycles. The highest BCUT2D eigenvalue weighted by atomic mass is 79.9. The van der Waals surface area contributed by atoms with Gasteiger partial charge in [0.05, 0.1) is 0 Å². The van der Waals surface area contributed by atoms with E-state index in [9.17, 15) is 0 Å². The van der Waals surface area contributed by atoms with Crippen molar-refractivity contribution in [2.24, 2.45) is 0 Å². The van der Waals surface area contributed by atoms with Gasteiger partial charge in [0.25, 0.3) is 0 Å². The average Bonchev–Trinajstić information content (AvgIpc) is 2.21. The molecule has 0 aromatic heterocycles. The molecule has 18 heavy (non-hydrogen) atoms. The van der Waals surface area contributed by atoms with Crippen LogP contribution in [-0.4, -0.2) is 18.1 Å². The van der Waals surface area contributed by atoms with Gasteiger partial charge in [-0.3, -0.25) is 0 Å². The van der Waals surface area contributed by atoms with Crippen molar-refractivity contribution in [1.29, 1.82) is 0 Å². The van der Waals surface area contributed by atoms with E-state index in [0.717, 1.165) is 22.6 Å². The highest BCUT2D eigenvalue weighted by Gasteiger charge is 2.10. The second-order valence-corrected chi connectivity index (χ2v) is 7.04. The van der Waals surface area contributed by atoms with Crippen molar-refractivity contribution in [2.75, 3.05) is 6.54 Å². The third kappa shape index (κ3) is 6.74. The Morgan fingerprint density at radius 2 is 1.94 bits per heavy atom. The van der Waals surface area contributed by atoms with Crippen LogP contribution >= 0.6 is 27.5 Å². The van der Waals surface area contributed by atoms with E-state index in [4.69, 9.17) is 11.6 Å². The van der Waals surface area contributed by atoms with Crippen molar-refractivity contribution in [1.82, 2.24) is 10.6 Å². The molecule has 0 bridgehead atoms. The zero-order valence-electron chi connectivity index (χ0n) is 11.5. The van der Waals surface area contributed by atoms with Crippen LogP contribution in [0.2, 0.25) is 5.02 Å². The molecule has 2 N–H and O–H groups in total. The molecule has 1 unspecified atom stereocenters. The summed E-state index contributed by atoms with van der Waals surface area (Å²) in [5, 5.41) is 7.73. The zero-order valence-corrected chi connectivity index (χ0v) is 13.8. The molecule has 0 aliphatic heterocycles. The molecule has 102 valence electrons. The maximum absolute atomic E-state index is 6.02. The van der Waals surface area contributed by atoms with Crippen molar-refractivity contribution >= 4 is 27.5 Å². The highest BCUT2D eigenvalue weighted by Crippen LogP contribution is 2.19. The summed E-state index contributed by atoms with van der Waals surface area (Å²) in [5.41, 5.74) is 1.35. The normalized spacial score (nSPS) is 13.7. The first-order valence-electron chi connectivity index (χ1n) is 6.19. The van der Waals surface area contributed by atoms with Gasteiger partial charge in [-0.05, 0) is 51.5 Å². The summed E-state index contributed by atoms with van der Waals surface area (Å²) in [6.45, 7) is 10.5. The second kappa shape index (κ2) is 6.90. The SMILES string of the molecule is CC(CNC(C)(C)C)NCc1cc(Cl)cc(Br)c1. The van der Waals surface area contributed by atoms with Gasteiger partial charge in [-0.25, -0.2) is 0 Å². The fourth-order valence-electron chi connectivity index (χ4n) is 1.54. The number of nitrogens with one attached hydrogen (secondary N) is 2. The standard InChI is InChI=1S/C14H22BrClN2/c1-10(8-18-14(2,3)4)17-9-11-5-12(15)7-13(16)6-11/h5-7,10,17-18H,8-9H2,1-4H3. The Morgan fingerprint density at radius 1 is 1.28 bits per heavy atom. The van der Waals surface area contributed by atoms with Crippen LogP contribution in [0.25, 0.3) is 0 Å². The van der Waals surface area contributed by atoms with Gasteiger partial charge in [0, 0.05) is 34.2 Å². The first kappa shape index (κ1) is 16.0. The fraction of sp³-hybridized carbons (Fsp3) is 0.571. The van der Waals surface area contributed by atoms with Gasteiger partial charge >= 0.3 is 0 Å². The number of benzene rings is 1. The fourth-order valence-corrected chi connectivity index (χ4v) is 2.47. The number of hydrogen-bond donors (Lipinski definition) is 2. The maximum Gasteiger partial charge on any atom is 0.0420 e. The summed E-state index contributed by atoms with van der Waals surface area (Å²) in [4.78, 5) is 0. The predicted molar refractivity (Wildman–Crippen MR) is 83.2 cm³/mol. The largest absolute Gasteiger partial charge is 0.311 e. The van der Waals surface area contributed by atoms with E-state index in [0.29, 0.717) is 6.04 Å². The van der Waals surface area contributed by atoms with Gasteiger partial charge in [0.2, 0.25) is 0 Å². The molecule has 0 amide bonds. The summed E-state index contributed by atoms with van der Waals surface area (Å²) < 4.78 is 1.02. The van der Waals surface area contributed by atoms with E-state index < -0.39 is 0 Å². The lowest BCUT2D eigenvalue weighted by Crippen LogP contribution is -2.44. The smallest absolute Gasteiger partial charge is 0.0420 e. The minimum Gasteiger partial charge on any atom is -0.311 e. The first-order chi connectivity index (χ1) is 8.26. The van der Waals surface area contributed by atoms with Crippen LogP contribution in [0.3, 0.4) is 0 Å². The Hall–Kier alpha value is -0.0900. The van der Waals surface area contributed by atoms with Crippen molar-refractivity contribution in [3.8, 4) is 0 Å². The lowest BCUT2D eigenvalue weighted by molar-refractivity contribution is 0.387. The number of hydrogen-bond acceptors (Lipinski definition) is 2. The zero-order chi connectivity index (χ0) is 13.8. The van der Waals surface area contributed by atoms with Gasteiger partial charge in [-0.15, -0.1) is 0 Å². The molecule has 1 atom stereocenters. The van der Waals surface area contributed by atoms with Crippen molar-refractivity contribution in [3.63, 3.8) is 0 Å². The summed E-state index contributed by atoms with van der Waals surface area (Å²) in [5.74, 6) is 0. The van der Waals surface area contributed by atoms with Crippen LogP contribution in [0.1, 0.15) is 33.3 Å². The Labute approximate surface area is 124 Å². The average molecular weight is 334 g/mol. The molecule has 0 aliphatic rings. The molecule has 1 aromatic rings. The molecular weight excluding hydrogens is 312 g/mol. The Kier molecular flexibility index (Phi) is 6.12. The van der Waals surface area contributed by atoms with Crippen LogP contribution < -0.4 is 10.6 Å². The monoisotopic (exact) mass is 332 g/mol. The Morgan fingerprint density at radius 3 is 2.50 bits per heavy atom. The number of rotatable bonds is 5. The molecule has 2 nitrogen and oxygen atoms in total. The van der Waals surface area contributed by atoms with Crippen molar-refractivity contribution in [3.05, 3.63) is 33.3 Å². The summed E-state index contributed by atoms with van der Waals surface area (Å²) in [6, 6.07) is 6.39. The van der Waals surface area contributed by atoms with Crippen LogP contribution in [-0.2, 0) is 6.54 Å². The van der Waals surface area contributed by atoms with E-state index in [-0.39, 0.29) is 5.54 Å². The summed E-state index contributed by atoms with van der Waals surface area (Å²) in [6.07, 6.45) is 0. The maximum atomic E-state index is 6.02.